The maximum Gasteiger partial charge on any atom is 0.224 e. The van der Waals surface area contributed by atoms with Crippen molar-refractivity contribution < 1.29 is 4.79 Å². The van der Waals surface area contributed by atoms with E-state index in [9.17, 15) is 4.79 Å². The second-order valence-electron chi connectivity index (χ2n) is 7.46. The Bertz CT molecular complexity index is 1050. The first-order valence-corrected chi connectivity index (χ1v) is 11.1. The molecule has 0 saturated carbocycles. The summed E-state index contributed by atoms with van der Waals surface area (Å²) < 4.78 is 0. The van der Waals surface area contributed by atoms with Crippen molar-refractivity contribution in [2.24, 2.45) is 5.73 Å². The van der Waals surface area contributed by atoms with Gasteiger partial charge in [0.1, 0.15) is 17.5 Å². The molecule has 0 spiro atoms. The van der Waals surface area contributed by atoms with E-state index >= 15 is 0 Å². The molecule has 3 heterocycles. The number of amides is 1. The summed E-state index contributed by atoms with van der Waals surface area (Å²) in [5, 5.41) is 13.9. The average Bonchev–Trinajstić information content (AvgIpc) is 3.37. The topological polar surface area (TPSA) is 125 Å². The summed E-state index contributed by atoms with van der Waals surface area (Å²) >= 11 is 1.47. The largest absolute Gasteiger partial charge is 0.355 e. The number of carbonyl (C=O) groups excluding carboxylic acids is 1. The summed E-state index contributed by atoms with van der Waals surface area (Å²) in [5.74, 6) is 2.29. The summed E-state index contributed by atoms with van der Waals surface area (Å²) in [6.45, 7) is 5.40. The number of aryl methyl sites for hydroxylation is 1. The molecule has 0 bridgehead atoms. The Morgan fingerprint density at radius 1 is 1.29 bits per heavy atom. The number of nitrogens with two attached hydrogens (primary N) is 1. The molecule has 10 heteroatoms. The number of hydrogen-bond acceptors (Lipinski definition) is 8. The highest BCUT2D eigenvalue weighted by Gasteiger charge is 2.22. The first kappa shape index (κ1) is 21.1. The molecular weight excluding hydrogens is 412 g/mol. The number of nitrogens with zero attached hydrogens (tertiary/aromatic N) is 4. The summed E-state index contributed by atoms with van der Waals surface area (Å²) in [4.78, 5) is 24.2. The molecular formula is C21H26N8OS. The number of nitrogens with one attached hydrogen (secondary N) is 3. The van der Waals surface area contributed by atoms with E-state index < -0.39 is 0 Å². The number of aromatic amines is 1. The van der Waals surface area contributed by atoms with Gasteiger partial charge in [0.2, 0.25) is 5.91 Å². The SMILES string of the molecule is CCC(=O)Nc1ccc(Sc2nc(Nc3cc(C)n[nH]3)cc(N3CCC(N)C3)n2)cc1. The van der Waals surface area contributed by atoms with Gasteiger partial charge in [-0.2, -0.15) is 5.10 Å². The van der Waals surface area contributed by atoms with Crippen molar-refractivity contribution in [3.8, 4) is 0 Å². The number of carbonyl (C=O) groups is 1. The molecule has 1 aliphatic heterocycles. The lowest BCUT2D eigenvalue weighted by Crippen LogP contribution is -2.27. The second-order valence-corrected chi connectivity index (χ2v) is 8.51. The van der Waals surface area contributed by atoms with Crippen LogP contribution < -0.4 is 21.3 Å². The van der Waals surface area contributed by atoms with Gasteiger partial charge >= 0.3 is 0 Å². The Balaban J connectivity index is 1.56. The Morgan fingerprint density at radius 2 is 2.10 bits per heavy atom. The molecule has 1 saturated heterocycles. The predicted molar refractivity (Wildman–Crippen MR) is 123 cm³/mol. The molecule has 1 unspecified atom stereocenters. The third kappa shape index (κ3) is 5.53. The molecule has 0 radical (unpaired) electrons. The quantitative estimate of drug-likeness (QED) is 0.414. The molecule has 1 amide bonds. The minimum atomic E-state index is -0.00924. The maximum absolute atomic E-state index is 11.6. The molecule has 9 nitrogen and oxygen atoms in total. The minimum absolute atomic E-state index is 0.00924. The van der Waals surface area contributed by atoms with E-state index in [1.54, 1.807) is 0 Å². The van der Waals surface area contributed by atoms with Crippen molar-refractivity contribution in [1.29, 1.82) is 0 Å². The van der Waals surface area contributed by atoms with E-state index in [2.05, 4.69) is 30.7 Å². The highest BCUT2D eigenvalue weighted by atomic mass is 32.2. The van der Waals surface area contributed by atoms with Crippen LogP contribution in [0, 0.1) is 6.92 Å². The summed E-state index contributed by atoms with van der Waals surface area (Å²) in [7, 11) is 0. The lowest BCUT2D eigenvalue weighted by Gasteiger charge is -2.18. The zero-order valence-corrected chi connectivity index (χ0v) is 18.4. The van der Waals surface area contributed by atoms with Gasteiger partial charge in [-0.3, -0.25) is 9.89 Å². The van der Waals surface area contributed by atoms with Gasteiger partial charge in [0, 0.05) is 48.3 Å². The van der Waals surface area contributed by atoms with Gasteiger partial charge in [0.25, 0.3) is 0 Å². The highest BCUT2D eigenvalue weighted by molar-refractivity contribution is 7.99. The molecule has 5 N–H and O–H groups in total. The van der Waals surface area contributed by atoms with E-state index in [4.69, 9.17) is 10.7 Å². The lowest BCUT2D eigenvalue weighted by atomic mass is 10.3. The molecule has 1 aliphatic rings. The molecule has 31 heavy (non-hydrogen) atoms. The molecule has 1 fully saturated rings. The zero-order valence-electron chi connectivity index (χ0n) is 17.6. The lowest BCUT2D eigenvalue weighted by molar-refractivity contribution is -0.115. The monoisotopic (exact) mass is 438 g/mol. The highest BCUT2D eigenvalue weighted by Crippen LogP contribution is 2.30. The smallest absolute Gasteiger partial charge is 0.224 e. The Morgan fingerprint density at radius 3 is 2.74 bits per heavy atom. The maximum atomic E-state index is 11.6. The number of aromatic nitrogens is 4. The van der Waals surface area contributed by atoms with Crippen molar-refractivity contribution in [3.05, 3.63) is 42.1 Å². The first-order chi connectivity index (χ1) is 15.0. The fraction of sp³-hybridized carbons (Fsp3) is 0.333. The second kappa shape index (κ2) is 9.36. The third-order valence-corrected chi connectivity index (χ3v) is 5.75. The van der Waals surface area contributed by atoms with E-state index in [0.29, 0.717) is 17.4 Å². The van der Waals surface area contributed by atoms with Crippen LogP contribution in [0.1, 0.15) is 25.5 Å². The molecule has 162 valence electrons. The van der Waals surface area contributed by atoms with Crippen LogP contribution in [0.3, 0.4) is 0 Å². The normalized spacial score (nSPS) is 15.8. The molecule has 2 aromatic heterocycles. The molecule has 0 aliphatic carbocycles. The van der Waals surface area contributed by atoms with Crippen LogP contribution in [0.5, 0.6) is 0 Å². The van der Waals surface area contributed by atoms with E-state index in [-0.39, 0.29) is 11.9 Å². The first-order valence-electron chi connectivity index (χ1n) is 10.2. The van der Waals surface area contributed by atoms with Crippen LogP contribution in [-0.4, -0.2) is 45.2 Å². The minimum Gasteiger partial charge on any atom is -0.355 e. The van der Waals surface area contributed by atoms with Crippen LogP contribution in [-0.2, 0) is 4.79 Å². The Labute approximate surface area is 185 Å². The molecule has 1 atom stereocenters. The van der Waals surface area contributed by atoms with Crippen LogP contribution in [0.4, 0.5) is 23.1 Å². The average molecular weight is 439 g/mol. The van der Waals surface area contributed by atoms with Crippen LogP contribution in [0.15, 0.2) is 46.5 Å². The zero-order chi connectivity index (χ0) is 21.8. The number of hydrogen-bond donors (Lipinski definition) is 4. The summed E-state index contributed by atoms with van der Waals surface area (Å²) in [6.07, 6.45) is 1.39. The van der Waals surface area contributed by atoms with E-state index in [1.807, 2.05) is 50.2 Å². The van der Waals surface area contributed by atoms with Crippen LogP contribution >= 0.6 is 11.8 Å². The number of rotatable bonds is 7. The fourth-order valence-corrected chi connectivity index (χ4v) is 4.03. The fourth-order valence-electron chi connectivity index (χ4n) is 3.26. The molecule has 4 rings (SSSR count). The van der Waals surface area contributed by atoms with Gasteiger partial charge in [0.15, 0.2) is 5.16 Å². The van der Waals surface area contributed by atoms with E-state index in [0.717, 1.165) is 47.4 Å². The number of anilines is 4. The number of benzene rings is 1. The number of H-pyrrole nitrogens is 1. The van der Waals surface area contributed by atoms with Gasteiger partial charge < -0.3 is 21.3 Å². The van der Waals surface area contributed by atoms with Crippen LogP contribution in [0.25, 0.3) is 0 Å². The molecule has 3 aromatic rings. The van der Waals surface area contributed by atoms with Crippen molar-refractivity contribution in [2.75, 3.05) is 28.6 Å². The van der Waals surface area contributed by atoms with Gasteiger partial charge in [-0.1, -0.05) is 6.92 Å². The van der Waals surface area contributed by atoms with E-state index in [1.165, 1.54) is 11.8 Å². The predicted octanol–water partition coefficient (Wildman–Crippen LogP) is 3.29. The van der Waals surface area contributed by atoms with Gasteiger partial charge in [-0.25, -0.2) is 9.97 Å². The van der Waals surface area contributed by atoms with Gasteiger partial charge in [0.05, 0.1) is 5.69 Å². The van der Waals surface area contributed by atoms with Crippen molar-refractivity contribution in [1.82, 2.24) is 20.2 Å². The van der Waals surface area contributed by atoms with Crippen molar-refractivity contribution >= 4 is 40.8 Å². The standard InChI is InChI=1S/C21H26N8OS/c1-3-20(30)23-15-4-6-16(7-5-15)31-21-25-17(24-18-10-13(2)27-28-18)11-19(26-21)29-9-8-14(22)12-29/h4-7,10-11,14H,3,8-9,12,22H2,1-2H3,(H,23,30)(H2,24,25,26,27,28). The summed E-state index contributed by atoms with van der Waals surface area (Å²) in [6, 6.07) is 11.7. The van der Waals surface area contributed by atoms with Gasteiger partial charge in [-0.15, -0.1) is 0 Å². The Kier molecular flexibility index (Phi) is 6.38. The summed E-state index contributed by atoms with van der Waals surface area (Å²) in [5.41, 5.74) is 7.77. The van der Waals surface area contributed by atoms with Gasteiger partial charge in [-0.05, 0) is 49.4 Å². The van der Waals surface area contributed by atoms with Crippen LogP contribution in [0.2, 0.25) is 0 Å². The molecule has 1 aromatic carbocycles. The van der Waals surface area contributed by atoms with Crippen molar-refractivity contribution in [3.63, 3.8) is 0 Å². The van der Waals surface area contributed by atoms with Crippen molar-refractivity contribution in [2.45, 2.75) is 42.8 Å². The Hall–Kier alpha value is -3.11. The third-order valence-electron chi connectivity index (χ3n) is 4.88.